The van der Waals surface area contributed by atoms with Gasteiger partial charge in [-0.3, -0.25) is 4.79 Å². The van der Waals surface area contributed by atoms with Crippen molar-refractivity contribution >= 4 is 29.0 Å². The zero-order valence-electron chi connectivity index (χ0n) is 20.3. The van der Waals surface area contributed by atoms with E-state index >= 15 is 0 Å². The molecule has 0 radical (unpaired) electrons. The number of hydrogen-bond donors (Lipinski definition) is 1. The second kappa shape index (κ2) is 11.2. The minimum atomic E-state index is -0.0686. The number of nitrogens with zero attached hydrogens (tertiary/aromatic N) is 4. The monoisotopic (exact) mass is 487 g/mol. The Kier molecular flexibility index (Phi) is 7.64. The topological polar surface area (TPSA) is 61.4 Å². The molecule has 1 aromatic heterocycles. The van der Waals surface area contributed by atoms with Crippen molar-refractivity contribution < 1.29 is 4.79 Å². The van der Waals surface area contributed by atoms with Crippen molar-refractivity contribution in [1.82, 2.24) is 14.9 Å². The molecule has 2 aromatic carbocycles. The van der Waals surface area contributed by atoms with Gasteiger partial charge in [0.25, 0.3) is 0 Å². The van der Waals surface area contributed by atoms with Gasteiger partial charge in [-0.25, -0.2) is 9.97 Å². The van der Waals surface area contributed by atoms with Gasteiger partial charge in [0.1, 0.15) is 10.9 Å². The van der Waals surface area contributed by atoms with E-state index in [1.54, 1.807) is 11.8 Å². The Bertz CT molecular complexity index is 1120. The van der Waals surface area contributed by atoms with Gasteiger partial charge in [0.05, 0.1) is 0 Å². The van der Waals surface area contributed by atoms with Crippen molar-refractivity contribution in [3.63, 3.8) is 0 Å². The van der Waals surface area contributed by atoms with E-state index in [1.807, 2.05) is 36.5 Å². The van der Waals surface area contributed by atoms with Gasteiger partial charge < -0.3 is 15.1 Å². The highest BCUT2D eigenvalue weighted by Crippen LogP contribution is 2.28. The number of aromatic nitrogens is 2. The Morgan fingerprint density at radius 1 is 0.971 bits per heavy atom. The lowest BCUT2D eigenvalue weighted by molar-refractivity contribution is -0.114. The van der Waals surface area contributed by atoms with Gasteiger partial charge in [-0.2, -0.15) is 0 Å². The zero-order valence-corrected chi connectivity index (χ0v) is 21.1. The van der Waals surface area contributed by atoms with E-state index in [9.17, 15) is 4.79 Å². The average Bonchev–Trinajstić information content (AvgIpc) is 3.41. The Hall–Kier alpha value is -2.90. The first kappa shape index (κ1) is 23.8. The second-order valence-corrected chi connectivity index (χ2v) is 10.5. The molecule has 6 nitrogen and oxygen atoms in total. The summed E-state index contributed by atoms with van der Waals surface area (Å²) < 4.78 is 0. The van der Waals surface area contributed by atoms with Crippen LogP contribution in [0.25, 0.3) is 0 Å². The summed E-state index contributed by atoms with van der Waals surface area (Å²) in [6, 6.07) is 19.4. The van der Waals surface area contributed by atoms with Gasteiger partial charge in [0, 0.05) is 54.9 Å². The highest BCUT2D eigenvalue weighted by molar-refractivity contribution is 7.99. The van der Waals surface area contributed by atoms with Crippen LogP contribution in [0.4, 0.5) is 11.4 Å². The SMILES string of the molecule is CC(=O)Nc1ccc(Sc2ccnc(Cc3ccc(N4CCC(N5CCCC5)CC4)cc3)n2)cc1. The number of piperidine rings is 1. The fraction of sp³-hybridized carbons (Fsp3) is 0.393. The molecule has 3 heterocycles. The van der Waals surface area contributed by atoms with Crippen molar-refractivity contribution in [1.29, 1.82) is 0 Å². The molecular formula is C28H33N5OS. The van der Waals surface area contributed by atoms with Crippen LogP contribution in [0.2, 0.25) is 0 Å². The summed E-state index contributed by atoms with van der Waals surface area (Å²) in [6.07, 6.45) is 7.84. The first-order valence-electron chi connectivity index (χ1n) is 12.6. The summed E-state index contributed by atoms with van der Waals surface area (Å²) in [6.45, 7) is 6.40. The van der Waals surface area contributed by atoms with E-state index in [2.05, 4.69) is 44.4 Å². The van der Waals surface area contributed by atoms with Crippen LogP contribution in [0.15, 0.2) is 70.7 Å². The molecule has 5 rings (SSSR count). The number of likely N-dealkylation sites (tertiary alicyclic amines) is 1. The molecule has 2 aliphatic rings. The van der Waals surface area contributed by atoms with Crippen LogP contribution in [-0.4, -0.2) is 53.0 Å². The van der Waals surface area contributed by atoms with E-state index in [4.69, 9.17) is 4.98 Å². The number of carbonyl (C=O) groups is 1. The molecule has 0 aliphatic carbocycles. The van der Waals surface area contributed by atoms with E-state index in [0.29, 0.717) is 6.42 Å². The first-order valence-corrected chi connectivity index (χ1v) is 13.4. The van der Waals surface area contributed by atoms with E-state index in [-0.39, 0.29) is 5.91 Å². The summed E-state index contributed by atoms with van der Waals surface area (Å²) in [5.74, 6) is 0.755. The van der Waals surface area contributed by atoms with Gasteiger partial charge in [-0.15, -0.1) is 0 Å². The van der Waals surface area contributed by atoms with Crippen LogP contribution < -0.4 is 10.2 Å². The molecule has 2 saturated heterocycles. The number of nitrogens with one attached hydrogen (secondary N) is 1. The summed E-state index contributed by atoms with van der Waals surface area (Å²) in [4.78, 5) is 26.8. The van der Waals surface area contributed by atoms with Crippen molar-refractivity contribution in [2.75, 3.05) is 36.4 Å². The van der Waals surface area contributed by atoms with Crippen LogP contribution in [0, 0.1) is 0 Å². The third-order valence-electron chi connectivity index (χ3n) is 6.86. The minimum absolute atomic E-state index is 0.0686. The number of rotatable bonds is 7. The first-order chi connectivity index (χ1) is 17.1. The predicted octanol–water partition coefficient (Wildman–Crippen LogP) is 5.24. The van der Waals surface area contributed by atoms with Gasteiger partial charge >= 0.3 is 0 Å². The zero-order chi connectivity index (χ0) is 24.0. The molecule has 3 aromatic rings. The fourth-order valence-electron chi connectivity index (χ4n) is 5.06. The quantitative estimate of drug-likeness (QED) is 0.460. The highest BCUT2D eigenvalue weighted by Gasteiger charge is 2.26. The molecule has 182 valence electrons. The van der Waals surface area contributed by atoms with Gasteiger partial charge in [-0.1, -0.05) is 23.9 Å². The lowest BCUT2D eigenvalue weighted by Gasteiger charge is -2.37. The average molecular weight is 488 g/mol. The Balaban J connectivity index is 1.15. The molecule has 0 bridgehead atoms. The standard InChI is InChI=1S/C28H33N5OS/c1-21(34)30-23-6-10-26(11-7-23)35-28-12-15-29-27(31-28)20-22-4-8-24(9-5-22)33-18-13-25(14-19-33)32-16-2-3-17-32/h4-12,15,25H,2-3,13-14,16-20H2,1H3,(H,30,34). The Morgan fingerprint density at radius 3 is 2.37 bits per heavy atom. The van der Waals surface area contributed by atoms with Gasteiger partial charge in [0.15, 0.2) is 0 Å². The maximum atomic E-state index is 11.2. The lowest BCUT2D eigenvalue weighted by Crippen LogP contribution is -2.43. The smallest absolute Gasteiger partial charge is 0.221 e. The van der Waals surface area contributed by atoms with Crippen molar-refractivity contribution in [2.24, 2.45) is 0 Å². The molecule has 1 N–H and O–H groups in total. The predicted molar refractivity (Wildman–Crippen MR) is 142 cm³/mol. The van der Waals surface area contributed by atoms with Crippen LogP contribution in [0.5, 0.6) is 0 Å². The molecule has 2 fully saturated rings. The molecule has 0 atom stereocenters. The van der Waals surface area contributed by atoms with Crippen LogP contribution in [0.1, 0.15) is 44.0 Å². The Labute approximate surface area is 212 Å². The van der Waals surface area contributed by atoms with E-state index in [1.165, 1.54) is 56.9 Å². The van der Waals surface area contributed by atoms with Crippen molar-refractivity contribution in [2.45, 2.75) is 55.0 Å². The van der Waals surface area contributed by atoms with Gasteiger partial charge in [0.2, 0.25) is 5.91 Å². The highest BCUT2D eigenvalue weighted by atomic mass is 32.2. The number of benzene rings is 2. The van der Waals surface area contributed by atoms with Crippen LogP contribution in [0.3, 0.4) is 0 Å². The third-order valence-corrected chi connectivity index (χ3v) is 7.81. The third kappa shape index (κ3) is 6.41. The summed E-state index contributed by atoms with van der Waals surface area (Å²) in [5.41, 5.74) is 3.34. The lowest BCUT2D eigenvalue weighted by atomic mass is 10.0. The van der Waals surface area contributed by atoms with Gasteiger partial charge in [-0.05, 0) is 86.8 Å². The summed E-state index contributed by atoms with van der Waals surface area (Å²) in [5, 5.41) is 3.71. The molecule has 7 heteroatoms. The molecule has 1 amide bonds. The number of hydrogen-bond acceptors (Lipinski definition) is 6. The summed E-state index contributed by atoms with van der Waals surface area (Å²) >= 11 is 1.60. The van der Waals surface area contributed by atoms with E-state index < -0.39 is 0 Å². The molecule has 0 unspecified atom stereocenters. The number of carbonyl (C=O) groups excluding carboxylic acids is 1. The Morgan fingerprint density at radius 2 is 1.69 bits per heavy atom. The van der Waals surface area contributed by atoms with Crippen LogP contribution in [-0.2, 0) is 11.2 Å². The maximum absolute atomic E-state index is 11.2. The molecule has 2 aliphatic heterocycles. The maximum Gasteiger partial charge on any atom is 0.221 e. The molecule has 35 heavy (non-hydrogen) atoms. The van der Waals surface area contributed by atoms with Crippen LogP contribution >= 0.6 is 11.8 Å². The largest absolute Gasteiger partial charge is 0.371 e. The van der Waals surface area contributed by atoms with Crippen molar-refractivity contribution in [3.05, 3.63) is 72.2 Å². The second-order valence-electron chi connectivity index (χ2n) is 9.42. The van der Waals surface area contributed by atoms with Crippen molar-refractivity contribution in [3.8, 4) is 0 Å². The number of anilines is 2. The fourth-order valence-corrected chi connectivity index (χ4v) is 5.85. The molecule has 0 saturated carbocycles. The normalized spacial score (nSPS) is 17.0. The number of amides is 1. The molecular weight excluding hydrogens is 454 g/mol. The summed E-state index contributed by atoms with van der Waals surface area (Å²) in [7, 11) is 0. The molecule has 0 spiro atoms. The minimum Gasteiger partial charge on any atom is -0.371 e. The van der Waals surface area contributed by atoms with E-state index in [0.717, 1.165) is 40.6 Å².